The van der Waals surface area contributed by atoms with E-state index in [1.54, 1.807) is 0 Å². The van der Waals surface area contributed by atoms with E-state index in [-0.39, 0.29) is 17.9 Å². The lowest BCUT2D eigenvalue weighted by Crippen LogP contribution is -2.38. The quantitative estimate of drug-likeness (QED) is 0.501. The number of H-pyrrole nitrogens is 1. The van der Waals surface area contributed by atoms with Crippen molar-refractivity contribution < 1.29 is 13.9 Å². The standard InChI is InChI=1S/C24H24N4O4/c1-15-17(23(30)27-24(25-15)28-10-12-31-13-11-28)8-9-22(29)26-16-6-7-19-18-4-2-3-5-20(18)32-21(19)14-16/h2-7,14H,8-13H2,1H3,(H,26,29)(H,25,27,30). The van der Waals surface area contributed by atoms with Crippen LogP contribution in [0.25, 0.3) is 21.9 Å². The van der Waals surface area contributed by atoms with Crippen LogP contribution in [0.5, 0.6) is 0 Å². The second-order valence-electron chi connectivity index (χ2n) is 7.91. The average molecular weight is 432 g/mol. The summed E-state index contributed by atoms with van der Waals surface area (Å²) >= 11 is 0. The lowest BCUT2D eigenvalue weighted by molar-refractivity contribution is -0.116. The third-order valence-corrected chi connectivity index (χ3v) is 5.78. The van der Waals surface area contributed by atoms with E-state index in [2.05, 4.69) is 15.3 Å². The van der Waals surface area contributed by atoms with E-state index in [9.17, 15) is 9.59 Å². The molecule has 5 rings (SSSR count). The van der Waals surface area contributed by atoms with Crippen molar-refractivity contribution in [2.24, 2.45) is 0 Å². The number of aryl methyl sites for hydroxylation is 1. The molecule has 1 amide bonds. The fourth-order valence-electron chi connectivity index (χ4n) is 4.08. The average Bonchev–Trinajstić information content (AvgIpc) is 3.16. The number of aromatic nitrogens is 2. The molecule has 1 aliphatic heterocycles. The van der Waals surface area contributed by atoms with Crippen LogP contribution in [0.2, 0.25) is 0 Å². The van der Waals surface area contributed by atoms with Gasteiger partial charge in [-0.2, -0.15) is 0 Å². The topological polar surface area (TPSA) is 100 Å². The van der Waals surface area contributed by atoms with Crippen LogP contribution in [0.15, 0.2) is 51.7 Å². The number of para-hydroxylation sites is 1. The molecule has 4 aromatic rings. The maximum absolute atomic E-state index is 12.6. The highest BCUT2D eigenvalue weighted by Gasteiger charge is 2.17. The molecule has 164 valence electrons. The van der Waals surface area contributed by atoms with Gasteiger partial charge in [-0.3, -0.25) is 14.6 Å². The Morgan fingerprint density at radius 2 is 1.91 bits per heavy atom. The summed E-state index contributed by atoms with van der Waals surface area (Å²) in [5.41, 5.74) is 3.17. The zero-order valence-electron chi connectivity index (χ0n) is 17.8. The Balaban J connectivity index is 1.26. The Morgan fingerprint density at radius 3 is 2.72 bits per heavy atom. The Kier molecular flexibility index (Phi) is 5.36. The number of fused-ring (bicyclic) bond motifs is 3. The molecule has 2 aromatic heterocycles. The van der Waals surface area contributed by atoms with Crippen LogP contribution < -0.4 is 15.8 Å². The number of hydrogen-bond acceptors (Lipinski definition) is 6. The van der Waals surface area contributed by atoms with E-state index in [0.717, 1.165) is 21.9 Å². The van der Waals surface area contributed by atoms with Gasteiger partial charge >= 0.3 is 0 Å². The fraction of sp³-hybridized carbons (Fsp3) is 0.292. The van der Waals surface area contributed by atoms with Gasteiger partial charge in [0.25, 0.3) is 5.56 Å². The van der Waals surface area contributed by atoms with Gasteiger partial charge in [-0.1, -0.05) is 18.2 Å². The first kappa shape index (κ1) is 20.3. The Bertz CT molecular complexity index is 1350. The molecular formula is C24H24N4O4. The van der Waals surface area contributed by atoms with Gasteiger partial charge in [-0.15, -0.1) is 0 Å². The van der Waals surface area contributed by atoms with Crippen LogP contribution in [0.1, 0.15) is 17.7 Å². The van der Waals surface area contributed by atoms with E-state index < -0.39 is 0 Å². The van der Waals surface area contributed by atoms with Gasteiger partial charge in [0.2, 0.25) is 11.9 Å². The number of nitrogens with one attached hydrogen (secondary N) is 2. The van der Waals surface area contributed by atoms with E-state index in [4.69, 9.17) is 9.15 Å². The van der Waals surface area contributed by atoms with E-state index in [1.807, 2.05) is 54.3 Å². The van der Waals surface area contributed by atoms with Crippen LogP contribution in [0.3, 0.4) is 0 Å². The largest absolute Gasteiger partial charge is 0.456 e. The van der Waals surface area contributed by atoms with Gasteiger partial charge in [0, 0.05) is 53.3 Å². The monoisotopic (exact) mass is 432 g/mol. The number of morpholine rings is 1. The molecule has 8 nitrogen and oxygen atoms in total. The zero-order chi connectivity index (χ0) is 22.1. The highest BCUT2D eigenvalue weighted by Crippen LogP contribution is 2.30. The molecule has 0 unspecified atom stereocenters. The molecule has 32 heavy (non-hydrogen) atoms. The number of carbonyl (C=O) groups is 1. The molecule has 1 saturated heterocycles. The summed E-state index contributed by atoms with van der Waals surface area (Å²) in [6, 6.07) is 13.5. The second kappa shape index (κ2) is 8.47. The van der Waals surface area contributed by atoms with Crippen molar-refractivity contribution in [1.82, 2.24) is 9.97 Å². The first-order chi connectivity index (χ1) is 15.6. The molecule has 2 N–H and O–H groups in total. The van der Waals surface area contributed by atoms with E-state index >= 15 is 0 Å². The van der Waals surface area contributed by atoms with Gasteiger partial charge in [0.15, 0.2) is 0 Å². The second-order valence-corrected chi connectivity index (χ2v) is 7.91. The molecule has 0 aliphatic carbocycles. The molecule has 0 radical (unpaired) electrons. The summed E-state index contributed by atoms with van der Waals surface area (Å²) < 4.78 is 11.2. The first-order valence-electron chi connectivity index (χ1n) is 10.7. The molecule has 0 saturated carbocycles. The van der Waals surface area contributed by atoms with Gasteiger partial charge < -0.3 is 19.4 Å². The van der Waals surface area contributed by atoms with Crippen molar-refractivity contribution in [3.63, 3.8) is 0 Å². The number of aromatic amines is 1. The fourth-order valence-corrected chi connectivity index (χ4v) is 4.08. The number of carbonyl (C=O) groups excluding carboxylic acids is 1. The molecule has 1 fully saturated rings. The third kappa shape index (κ3) is 3.97. The number of hydrogen-bond donors (Lipinski definition) is 2. The maximum Gasteiger partial charge on any atom is 0.255 e. The van der Waals surface area contributed by atoms with Gasteiger partial charge in [0.05, 0.1) is 13.2 Å². The predicted octanol–water partition coefficient (Wildman–Crippen LogP) is 3.39. The Labute approximate surface area is 184 Å². The molecule has 0 atom stereocenters. The minimum atomic E-state index is -0.199. The summed E-state index contributed by atoms with van der Waals surface area (Å²) in [5.74, 6) is 0.389. The van der Waals surface area contributed by atoms with Crippen molar-refractivity contribution in [2.45, 2.75) is 19.8 Å². The lowest BCUT2D eigenvalue weighted by atomic mass is 10.1. The van der Waals surface area contributed by atoms with Crippen molar-refractivity contribution in [2.75, 3.05) is 36.5 Å². The van der Waals surface area contributed by atoms with E-state index in [1.165, 1.54) is 0 Å². The van der Waals surface area contributed by atoms with Crippen molar-refractivity contribution in [1.29, 1.82) is 0 Å². The van der Waals surface area contributed by atoms with Crippen molar-refractivity contribution in [3.8, 4) is 0 Å². The summed E-state index contributed by atoms with van der Waals surface area (Å²) in [6.45, 7) is 4.43. The lowest BCUT2D eigenvalue weighted by Gasteiger charge is -2.27. The number of anilines is 2. The number of amides is 1. The summed E-state index contributed by atoms with van der Waals surface area (Å²) in [6.07, 6.45) is 0.497. The molecule has 0 bridgehead atoms. The summed E-state index contributed by atoms with van der Waals surface area (Å²) in [5, 5.41) is 4.95. The SMILES string of the molecule is Cc1nc(N2CCOCC2)[nH]c(=O)c1CCC(=O)Nc1ccc2c(c1)oc1ccccc12. The third-order valence-electron chi connectivity index (χ3n) is 5.78. The highest BCUT2D eigenvalue weighted by atomic mass is 16.5. The molecule has 8 heteroatoms. The van der Waals surface area contributed by atoms with Crippen LogP contribution in [0, 0.1) is 6.92 Å². The minimum Gasteiger partial charge on any atom is -0.456 e. The van der Waals surface area contributed by atoms with Crippen LogP contribution >= 0.6 is 0 Å². The zero-order valence-corrected chi connectivity index (χ0v) is 17.8. The Hall–Kier alpha value is -3.65. The predicted molar refractivity (Wildman–Crippen MR) is 123 cm³/mol. The summed E-state index contributed by atoms with van der Waals surface area (Å²) in [7, 11) is 0. The van der Waals surface area contributed by atoms with Gasteiger partial charge in [-0.25, -0.2) is 4.98 Å². The first-order valence-corrected chi connectivity index (χ1v) is 10.7. The minimum absolute atomic E-state index is 0.170. The molecule has 3 heterocycles. The molecular weight excluding hydrogens is 408 g/mol. The normalized spacial score (nSPS) is 14.2. The molecule has 0 spiro atoms. The molecule has 2 aromatic carbocycles. The van der Waals surface area contributed by atoms with Crippen molar-refractivity contribution in [3.05, 3.63) is 64.1 Å². The molecule has 1 aliphatic rings. The van der Waals surface area contributed by atoms with Crippen molar-refractivity contribution >= 4 is 39.5 Å². The van der Waals surface area contributed by atoms with E-state index in [0.29, 0.717) is 55.6 Å². The van der Waals surface area contributed by atoms with Crippen LogP contribution in [-0.4, -0.2) is 42.2 Å². The highest BCUT2D eigenvalue weighted by molar-refractivity contribution is 6.06. The number of furan rings is 1. The van der Waals surface area contributed by atoms with Crippen LogP contribution in [-0.2, 0) is 16.0 Å². The number of rotatable bonds is 5. The van der Waals surface area contributed by atoms with Gasteiger partial charge in [-0.05, 0) is 31.5 Å². The summed E-state index contributed by atoms with van der Waals surface area (Å²) in [4.78, 5) is 34.5. The smallest absolute Gasteiger partial charge is 0.255 e. The Morgan fingerprint density at radius 1 is 1.12 bits per heavy atom. The number of benzene rings is 2. The van der Waals surface area contributed by atoms with Crippen LogP contribution in [0.4, 0.5) is 11.6 Å². The maximum atomic E-state index is 12.6. The van der Waals surface area contributed by atoms with Gasteiger partial charge in [0.1, 0.15) is 11.2 Å². The number of ether oxygens (including phenoxy) is 1. The number of nitrogens with zero attached hydrogens (tertiary/aromatic N) is 2.